The average molecular weight is 494 g/mol. The number of nitrogens with zero attached hydrogens (tertiary/aromatic N) is 2. The summed E-state index contributed by atoms with van der Waals surface area (Å²) in [6.45, 7) is 11.6. The van der Waals surface area contributed by atoms with Gasteiger partial charge in [0.2, 0.25) is 17.3 Å². The number of phenols is 1. The minimum absolute atomic E-state index is 0.0886. The second-order valence-corrected chi connectivity index (χ2v) is 9.13. The highest BCUT2D eigenvalue weighted by atomic mass is 16.3. The van der Waals surface area contributed by atoms with Crippen molar-refractivity contribution in [1.82, 2.24) is 0 Å². The fourth-order valence-electron chi connectivity index (χ4n) is 4.74. The number of hydrogen-bond acceptors (Lipinski definition) is 6. The molecule has 0 amide bonds. The Hall–Kier alpha value is -3.61. The fourth-order valence-corrected chi connectivity index (χ4v) is 4.74. The van der Waals surface area contributed by atoms with Crippen LogP contribution in [-0.4, -0.2) is 63.4 Å². The predicted molar refractivity (Wildman–Crippen MR) is 143 cm³/mol. The number of phenolic OH excluding ortho intramolecular Hbond substituents is 1. The molecule has 0 radical (unpaired) electrons. The Morgan fingerprint density at radius 2 is 1.42 bits per heavy atom. The molecule has 2 aliphatic carbocycles. The SMILES string of the molecule is CCCN(CCC)c1ccc(C2=C(O)/C(=C3\C=CC(=[N+](CCC)CCC)C=C3O)C(=O)C2=O)c(O)c1. The third kappa shape index (κ3) is 5.30. The van der Waals surface area contributed by atoms with Crippen molar-refractivity contribution in [3.63, 3.8) is 0 Å². The van der Waals surface area contributed by atoms with Crippen LogP contribution in [0, 0.1) is 0 Å². The van der Waals surface area contributed by atoms with Crippen LogP contribution in [0.5, 0.6) is 5.75 Å². The van der Waals surface area contributed by atoms with Gasteiger partial charge in [-0.15, -0.1) is 0 Å². The topological polar surface area (TPSA) is 101 Å². The van der Waals surface area contributed by atoms with Crippen molar-refractivity contribution in [2.45, 2.75) is 53.4 Å². The molecule has 36 heavy (non-hydrogen) atoms. The molecule has 192 valence electrons. The Morgan fingerprint density at radius 1 is 0.806 bits per heavy atom. The molecule has 0 bridgehead atoms. The largest absolute Gasteiger partial charge is 0.507 e. The van der Waals surface area contributed by atoms with E-state index in [1.165, 1.54) is 0 Å². The van der Waals surface area contributed by atoms with Crippen LogP contribution >= 0.6 is 0 Å². The maximum atomic E-state index is 12.9. The Morgan fingerprint density at radius 3 is 1.94 bits per heavy atom. The number of hydrogen-bond donors (Lipinski definition) is 3. The van der Waals surface area contributed by atoms with Crippen LogP contribution in [0.25, 0.3) is 5.57 Å². The Labute approximate surface area is 213 Å². The Bertz CT molecular complexity index is 1190. The summed E-state index contributed by atoms with van der Waals surface area (Å²) in [5, 5.41) is 32.5. The zero-order valence-electron chi connectivity index (χ0n) is 21.7. The lowest BCUT2D eigenvalue weighted by Gasteiger charge is -2.24. The summed E-state index contributed by atoms with van der Waals surface area (Å²) in [7, 11) is 0. The molecule has 7 heteroatoms. The van der Waals surface area contributed by atoms with E-state index in [4.69, 9.17) is 0 Å². The molecule has 0 saturated heterocycles. The first-order valence-electron chi connectivity index (χ1n) is 12.8. The average Bonchev–Trinajstić information content (AvgIpc) is 3.06. The maximum absolute atomic E-state index is 12.9. The van der Waals surface area contributed by atoms with E-state index >= 15 is 0 Å². The molecule has 3 rings (SSSR count). The molecule has 0 fully saturated rings. The van der Waals surface area contributed by atoms with Crippen LogP contribution in [0.1, 0.15) is 58.9 Å². The highest BCUT2D eigenvalue weighted by molar-refractivity contribution is 6.63. The summed E-state index contributed by atoms with van der Waals surface area (Å²) in [4.78, 5) is 28.0. The summed E-state index contributed by atoms with van der Waals surface area (Å²) in [5.41, 5.74) is 1.28. The number of rotatable bonds is 10. The zero-order valence-corrected chi connectivity index (χ0v) is 21.7. The van der Waals surface area contributed by atoms with Crippen molar-refractivity contribution in [3.8, 4) is 5.75 Å². The van der Waals surface area contributed by atoms with Gasteiger partial charge >= 0.3 is 0 Å². The molecule has 1 aromatic rings. The lowest BCUT2D eigenvalue weighted by atomic mass is 9.98. The molecule has 0 saturated carbocycles. The van der Waals surface area contributed by atoms with Crippen molar-refractivity contribution in [2.75, 3.05) is 31.1 Å². The summed E-state index contributed by atoms with van der Waals surface area (Å²) in [6.07, 6.45) is 8.65. The summed E-state index contributed by atoms with van der Waals surface area (Å²) >= 11 is 0. The van der Waals surface area contributed by atoms with E-state index in [-0.39, 0.29) is 33.8 Å². The molecule has 7 nitrogen and oxygen atoms in total. The Balaban J connectivity index is 2.06. The minimum atomic E-state index is -0.911. The second kappa shape index (κ2) is 11.9. The van der Waals surface area contributed by atoms with E-state index in [1.54, 1.807) is 36.4 Å². The highest BCUT2D eigenvalue weighted by Crippen LogP contribution is 2.39. The normalized spacial score (nSPS) is 17.8. The van der Waals surface area contributed by atoms with Gasteiger partial charge in [-0.2, -0.15) is 0 Å². The monoisotopic (exact) mass is 493 g/mol. The van der Waals surface area contributed by atoms with E-state index in [1.807, 2.05) is 0 Å². The fraction of sp³-hybridized carbons (Fsp3) is 0.414. The molecule has 0 spiro atoms. The van der Waals surface area contributed by atoms with E-state index < -0.39 is 17.3 Å². The Kier molecular flexibility index (Phi) is 8.91. The standard InChI is InChI=1S/C29H36N2O5/c1-5-13-30(14-6-2)19-9-11-21(23(32)17-19)25-27(34)26(29(36)28(25)35)22-12-10-20(18-24(22)33)31(15-7-3)16-8-4/h9-12,17-18H,5-8,13-16H2,1-4H3,(H2,32,33,34,35,36)/p+1. The van der Waals surface area contributed by atoms with E-state index in [2.05, 4.69) is 37.2 Å². The van der Waals surface area contributed by atoms with Crippen LogP contribution in [0.3, 0.4) is 0 Å². The van der Waals surface area contributed by atoms with Gasteiger partial charge < -0.3 is 20.2 Å². The van der Waals surface area contributed by atoms with Gasteiger partial charge in [-0.3, -0.25) is 9.59 Å². The number of aliphatic hydroxyl groups excluding tert-OH is 2. The van der Waals surface area contributed by atoms with E-state index in [0.717, 1.165) is 63.3 Å². The van der Waals surface area contributed by atoms with E-state index in [0.29, 0.717) is 0 Å². The number of benzene rings is 1. The number of ketones is 2. The first-order chi connectivity index (χ1) is 17.3. The first kappa shape index (κ1) is 27.0. The van der Waals surface area contributed by atoms with Gasteiger partial charge in [0, 0.05) is 54.9 Å². The third-order valence-corrected chi connectivity index (χ3v) is 6.34. The highest BCUT2D eigenvalue weighted by Gasteiger charge is 2.41. The number of aliphatic hydroxyl groups is 2. The van der Waals surface area contributed by atoms with Crippen molar-refractivity contribution in [2.24, 2.45) is 0 Å². The van der Waals surface area contributed by atoms with Gasteiger partial charge in [0.1, 0.15) is 30.4 Å². The number of carbonyl (C=O) groups excluding carboxylic acids is 2. The zero-order chi connectivity index (χ0) is 26.4. The smallest absolute Gasteiger partial charge is 0.238 e. The van der Waals surface area contributed by atoms with Gasteiger partial charge in [-0.05, 0) is 31.1 Å². The molecule has 1 aromatic carbocycles. The van der Waals surface area contributed by atoms with Crippen LogP contribution in [0.15, 0.2) is 59.1 Å². The molecule has 2 aliphatic rings. The van der Waals surface area contributed by atoms with Crippen molar-refractivity contribution < 1.29 is 29.5 Å². The molecule has 0 heterocycles. The summed E-state index contributed by atoms with van der Waals surface area (Å²) < 4.78 is 2.14. The number of anilines is 1. The number of carbonyl (C=O) groups is 2. The number of Topliss-reactive ketones (excluding diaryl/α,β-unsaturated/α-hetero) is 2. The summed E-state index contributed by atoms with van der Waals surface area (Å²) in [6, 6.07) is 4.89. The van der Waals surface area contributed by atoms with Gasteiger partial charge in [-0.1, -0.05) is 27.7 Å². The van der Waals surface area contributed by atoms with Crippen molar-refractivity contribution in [1.29, 1.82) is 0 Å². The first-order valence-corrected chi connectivity index (χ1v) is 12.8. The lowest BCUT2D eigenvalue weighted by molar-refractivity contribution is -0.526. The molecule has 0 atom stereocenters. The molecule has 0 unspecified atom stereocenters. The van der Waals surface area contributed by atoms with Crippen molar-refractivity contribution in [3.05, 3.63) is 64.7 Å². The number of allylic oxidation sites excluding steroid dienone is 5. The second-order valence-electron chi connectivity index (χ2n) is 9.13. The van der Waals surface area contributed by atoms with E-state index in [9.17, 15) is 24.9 Å². The van der Waals surface area contributed by atoms with Gasteiger partial charge in [-0.25, -0.2) is 4.58 Å². The maximum Gasteiger partial charge on any atom is 0.238 e. The van der Waals surface area contributed by atoms with Crippen LogP contribution in [-0.2, 0) is 9.59 Å². The van der Waals surface area contributed by atoms with Gasteiger partial charge in [0.25, 0.3) is 0 Å². The predicted octanol–water partition coefficient (Wildman–Crippen LogP) is 5.02. The lowest BCUT2D eigenvalue weighted by Crippen LogP contribution is -2.24. The third-order valence-electron chi connectivity index (χ3n) is 6.34. The molecular formula is C29H37N2O5+. The molecule has 0 aliphatic heterocycles. The minimum Gasteiger partial charge on any atom is -0.507 e. The van der Waals surface area contributed by atoms with Crippen LogP contribution in [0.2, 0.25) is 0 Å². The number of aromatic hydroxyl groups is 1. The molecule has 3 N–H and O–H groups in total. The van der Waals surface area contributed by atoms with Gasteiger partial charge in [0.05, 0.1) is 17.2 Å². The quantitative estimate of drug-likeness (QED) is 0.240. The summed E-state index contributed by atoms with van der Waals surface area (Å²) in [5.74, 6) is -2.74. The molecular weight excluding hydrogens is 456 g/mol. The van der Waals surface area contributed by atoms with Crippen LogP contribution < -0.4 is 4.90 Å². The van der Waals surface area contributed by atoms with Crippen LogP contribution in [0.4, 0.5) is 5.69 Å². The molecule has 0 aromatic heterocycles. The van der Waals surface area contributed by atoms with Gasteiger partial charge in [0.15, 0.2) is 0 Å². The van der Waals surface area contributed by atoms with Crippen molar-refractivity contribution >= 4 is 28.5 Å².